The maximum Gasteiger partial charge on any atom is 0.328 e. The Labute approximate surface area is 130 Å². The number of hydrogen-bond acceptors (Lipinski definition) is 3. The van der Waals surface area contributed by atoms with Gasteiger partial charge >= 0.3 is 6.03 Å². The van der Waals surface area contributed by atoms with Crippen LogP contribution in [-0.2, 0) is 9.53 Å². The maximum atomic E-state index is 12.5. The van der Waals surface area contributed by atoms with Crippen LogP contribution in [-0.4, -0.2) is 35.6 Å². The first-order valence-electron chi connectivity index (χ1n) is 7.98. The molecule has 2 fully saturated rings. The molecular weight excluding hydrogens is 280 g/mol. The van der Waals surface area contributed by atoms with Crippen LogP contribution in [0.3, 0.4) is 0 Å². The second-order valence-corrected chi connectivity index (χ2v) is 6.11. The molecule has 0 aromatic heterocycles. The van der Waals surface area contributed by atoms with Crippen molar-refractivity contribution in [2.24, 2.45) is 5.92 Å². The monoisotopic (exact) mass is 302 g/mol. The number of nitrogens with one attached hydrogen (secondary N) is 1. The zero-order chi connectivity index (χ0) is 15.5. The van der Waals surface area contributed by atoms with Crippen LogP contribution >= 0.6 is 0 Å². The van der Waals surface area contributed by atoms with Crippen LogP contribution in [0.25, 0.3) is 0 Å². The second-order valence-electron chi connectivity index (χ2n) is 6.11. The third kappa shape index (κ3) is 3.14. The van der Waals surface area contributed by atoms with Crippen molar-refractivity contribution in [1.82, 2.24) is 4.90 Å². The average Bonchev–Trinajstić information content (AvgIpc) is 2.66. The van der Waals surface area contributed by atoms with Crippen LogP contribution in [0.4, 0.5) is 10.5 Å². The van der Waals surface area contributed by atoms with Gasteiger partial charge in [-0.2, -0.15) is 0 Å². The number of imide groups is 1. The van der Waals surface area contributed by atoms with Crippen LogP contribution in [0, 0.1) is 5.92 Å². The summed E-state index contributed by atoms with van der Waals surface area (Å²) in [5, 5.41) is 2.80. The van der Waals surface area contributed by atoms with E-state index in [0.29, 0.717) is 12.2 Å². The molecule has 2 aliphatic rings. The van der Waals surface area contributed by atoms with E-state index in [4.69, 9.17) is 4.74 Å². The Morgan fingerprint density at radius 2 is 1.95 bits per heavy atom. The molecule has 3 rings (SSSR count). The predicted molar refractivity (Wildman–Crippen MR) is 83.5 cm³/mol. The predicted octanol–water partition coefficient (Wildman–Crippen LogP) is 3.02. The fourth-order valence-electron chi connectivity index (χ4n) is 3.32. The van der Waals surface area contributed by atoms with E-state index in [1.54, 1.807) is 6.92 Å². The number of para-hydroxylation sites is 1. The van der Waals surface area contributed by atoms with Gasteiger partial charge in [-0.15, -0.1) is 0 Å². The molecule has 1 aliphatic heterocycles. The molecule has 1 saturated carbocycles. The lowest BCUT2D eigenvalue weighted by molar-refractivity contribution is -0.139. The van der Waals surface area contributed by atoms with Gasteiger partial charge < -0.3 is 10.1 Å². The molecule has 1 N–H and O–H groups in total. The normalized spacial score (nSPS) is 28.7. The summed E-state index contributed by atoms with van der Waals surface area (Å²) in [6.07, 6.45) is 3.81. The van der Waals surface area contributed by atoms with Gasteiger partial charge in [-0.25, -0.2) is 4.79 Å². The lowest BCUT2D eigenvalue weighted by Crippen LogP contribution is -2.45. The Morgan fingerprint density at radius 3 is 2.73 bits per heavy atom. The fraction of sp³-hybridized carbons (Fsp3) is 0.529. The van der Waals surface area contributed by atoms with Gasteiger partial charge in [-0.3, -0.25) is 9.69 Å². The summed E-state index contributed by atoms with van der Waals surface area (Å²) >= 11 is 0. The molecule has 1 aromatic rings. The van der Waals surface area contributed by atoms with E-state index >= 15 is 0 Å². The van der Waals surface area contributed by atoms with E-state index in [1.165, 1.54) is 4.90 Å². The minimum Gasteiger partial charge on any atom is -0.365 e. The van der Waals surface area contributed by atoms with Crippen molar-refractivity contribution >= 4 is 17.6 Å². The molecule has 3 atom stereocenters. The van der Waals surface area contributed by atoms with E-state index in [9.17, 15) is 9.59 Å². The summed E-state index contributed by atoms with van der Waals surface area (Å²) in [5.74, 6) is 0.00649. The molecule has 5 heteroatoms. The minimum atomic E-state index is -0.561. The summed E-state index contributed by atoms with van der Waals surface area (Å²) in [5.41, 5.74) is 0.693. The van der Waals surface area contributed by atoms with E-state index in [0.717, 1.165) is 25.7 Å². The molecule has 1 saturated heterocycles. The first-order valence-corrected chi connectivity index (χ1v) is 7.98. The van der Waals surface area contributed by atoms with Crippen LogP contribution < -0.4 is 5.32 Å². The number of ether oxygens (including phenoxy) is 1. The topological polar surface area (TPSA) is 58.6 Å². The van der Waals surface area contributed by atoms with Crippen LogP contribution in [0.1, 0.15) is 32.6 Å². The smallest absolute Gasteiger partial charge is 0.328 e. The Morgan fingerprint density at radius 1 is 1.23 bits per heavy atom. The molecule has 22 heavy (non-hydrogen) atoms. The molecule has 5 nitrogen and oxygen atoms in total. The van der Waals surface area contributed by atoms with Crippen molar-refractivity contribution in [3.05, 3.63) is 30.3 Å². The molecule has 1 aliphatic carbocycles. The van der Waals surface area contributed by atoms with Crippen molar-refractivity contribution in [1.29, 1.82) is 0 Å². The van der Waals surface area contributed by atoms with Crippen LogP contribution in [0.2, 0.25) is 0 Å². The Balaban J connectivity index is 1.75. The van der Waals surface area contributed by atoms with Gasteiger partial charge in [-0.05, 0) is 31.9 Å². The molecular formula is C17H22N2O3. The van der Waals surface area contributed by atoms with Crippen LogP contribution in [0.15, 0.2) is 30.3 Å². The summed E-state index contributed by atoms with van der Waals surface area (Å²) < 4.78 is 5.89. The highest BCUT2D eigenvalue weighted by Gasteiger charge is 2.39. The largest absolute Gasteiger partial charge is 0.365 e. The molecule has 118 valence electrons. The Hall–Kier alpha value is -1.88. The highest BCUT2D eigenvalue weighted by molar-refractivity contribution is 6.02. The molecule has 3 amide bonds. The lowest BCUT2D eigenvalue weighted by atomic mass is 9.86. The number of benzene rings is 1. The van der Waals surface area contributed by atoms with E-state index in [-0.39, 0.29) is 24.0 Å². The maximum absolute atomic E-state index is 12.5. The number of amides is 3. The summed E-state index contributed by atoms with van der Waals surface area (Å²) in [4.78, 5) is 26.3. The number of carbonyl (C=O) groups is 2. The molecule has 1 aromatic carbocycles. The van der Waals surface area contributed by atoms with Crippen molar-refractivity contribution < 1.29 is 14.3 Å². The Kier molecular flexibility index (Phi) is 4.43. The first kappa shape index (κ1) is 15.0. The van der Waals surface area contributed by atoms with E-state index in [2.05, 4.69) is 5.32 Å². The summed E-state index contributed by atoms with van der Waals surface area (Å²) in [6.45, 7) is 2.19. The first-order chi connectivity index (χ1) is 10.6. The third-order valence-electron chi connectivity index (χ3n) is 4.52. The van der Waals surface area contributed by atoms with E-state index < -0.39 is 6.10 Å². The third-order valence-corrected chi connectivity index (χ3v) is 4.52. The summed E-state index contributed by atoms with van der Waals surface area (Å²) in [6, 6.07) is 8.84. The van der Waals surface area contributed by atoms with Crippen molar-refractivity contribution in [3.63, 3.8) is 0 Å². The number of nitrogens with zero attached hydrogens (tertiary/aromatic N) is 1. The van der Waals surface area contributed by atoms with Gasteiger partial charge in [0.1, 0.15) is 6.10 Å². The fourth-order valence-corrected chi connectivity index (χ4v) is 3.32. The highest BCUT2D eigenvalue weighted by Crippen LogP contribution is 2.31. The van der Waals surface area contributed by atoms with Crippen molar-refractivity contribution in [3.8, 4) is 0 Å². The number of urea groups is 1. The number of hydrogen-bond donors (Lipinski definition) is 1. The Bertz CT molecular complexity index is 546. The minimum absolute atomic E-state index is 0.0993. The van der Waals surface area contributed by atoms with Crippen LogP contribution in [0.5, 0.6) is 0 Å². The molecule has 0 spiro atoms. The van der Waals surface area contributed by atoms with Gasteiger partial charge in [0.05, 0.1) is 6.10 Å². The number of rotatable bonds is 1. The van der Waals surface area contributed by atoms with Crippen molar-refractivity contribution in [2.75, 3.05) is 11.9 Å². The zero-order valence-corrected chi connectivity index (χ0v) is 12.8. The van der Waals surface area contributed by atoms with Gasteiger partial charge in [0.25, 0.3) is 5.91 Å². The van der Waals surface area contributed by atoms with E-state index in [1.807, 2.05) is 30.3 Å². The highest BCUT2D eigenvalue weighted by atomic mass is 16.5. The number of carbonyl (C=O) groups excluding carboxylic acids is 2. The lowest BCUT2D eigenvalue weighted by Gasteiger charge is -2.30. The van der Waals surface area contributed by atoms with Gasteiger partial charge in [0.2, 0.25) is 0 Å². The molecule has 0 radical (unpaired) electrons. The number of anilines is 1. The second kappa shape index (κ2) is 6.48. The quantitative estimate of drug-likeness (QED) is 0.867. The van der Waals surface area contributed by atoms with Crippen molar-refractivity contribution in [2.45, 2.75) is 44.8 Å². The molecule has 0 unspecified atom stereocenters. The molecule has 0 bridgehead atoms. The van der Waals surface area contributed by atoms with Gasteiger partial charge in [-0.1, -0.05) is 31.0 Å². The number of fused-ring (bicyclic) bond motifs is 1. The standard InChI is InChI=1S/C17H22N2O3/c1-12-16(20)19(11-13-7-5-6-10-15(13)22-12)17(21)18-14-8-3-2-4-9-14/h2-4,8-9,12-13,15H,5-7,10-11H2,1H3,(H,18,21)/t12-,13-,15+/m0/s1. The van der Waals surface area contributed by atoms with Gasteiger partial charge in [0, 0.05) is 18.2 Å². The van der Waals surface area contributed by atoms with Gasteiger partial charge in [0.15, 0.2) is 0 Å². The molecule has 1 heterocycles. The summed E-state index contributed by atoms with van der Waals surface area (Å²) in [7, 11) is 0. The zero-order valence-electron chi connectivity index (χ0n) is 12.8. The SMILES string of the molecule is C[C@@H]1O[C@@H]2CCCC[C@H]2CN(C(=O)Nc2ccccc2)C1=O. The average molecular weight is 302 g/mol.